The molecule has 1 N–H and O–H groups in total. The smallest absolute Gasteiger partial charge is 0.416 e. The first-order valence-corrected chi connectivity index (χ1v) is 11.0. The topological polar surface area (TPSA) is 66.8 Å². The van der Waals surface area contributed by atoms with Crippen LogP contribution in [-0.2, 0) is 20.5 Å². The molecule has 0 bridgehead atoms. The number of rotatable bonds is 5. The van der Waals surface area contributed by atoms with Gasteiger partial charge in [-0.2, -0.15) is 13.2 Å². The molecule has 8 heteroatoms. The van der Waals surface area contributed by atoms with E-state index < -0.39 is 17.8 Å². The van der Waals surface area contributed by atoms with Crippen molar-refractivity contribution in [2.24, 2.45) is 11.8 Å². The molecule has 2 atom stereocenters. The highest BCUT2D eigenvalue weighted by atomic mass is 19.4. The van der Waals surface area contributed by atoms with Crippen LogP contribution in [0.25, 0.3) is 0 Å². The third-order valence-electron chi connectivity index (χ3n) is 6.50. The van der Waals surface area contributed by atoms with E-state index in [1.54, 1.807) is 11.8 Å². The summed E-state index contributed by atoms with van der Waals surface area (Å²) in [5.74, 6) is -0.371. The van der Waals surface area contributed by atoms with Gasteiger partial charge in [-0.05, 0) is 69.6 Å². The van der Waals surface area contributed by atoms with Crippen LogP contribution >= 0.6 is 0 Å². The van der Waals surface area contributed by atoms with Gasteiger partial charge >= 0.3 is 12.1 Å². The third kappa shape index (κ3) is 5.22. The molecule has 0 unspecified atom stereocenters. The molecule has 3 rings (SSSR count). The third-order valence-corrected chi connectivity index (χ3v) is 6.50. The van der Waals surface area contributed by atoms with E-state index in [1.165, 1.54) is 6.07 Å². The molecular formula is C23H30F3NO4. The summed E-state index contributed by atoms with van der Waals surface area (Å²) in [6, 6.07) is 2.99. The predicted octanol–water partition coefficient (Wildman–Crippen LogP) is 5.01. The van der Waals surface area contributed by atoms with E-state index in [0.717, 1.165) is 25.0 Å². The molecule has 172 valence electrons. The van der Waals surface area contributed by atoms with Crippen molar-refractivity contribution in [3.8, 4) is 0 Å². The second kappa shape index (κ2) is 9.59. The van der Waals surface area contributed by atoms with E-state index >= 15 is 0 Å². The number of fused-ring (bicyclic) bond motifs is 1. The van der Waals surface area contributed by atoms with Gasteiger partial charge in [0.25, 0.3) is 0 Å². The highest BCUT2D eigenvalue weighted by molar-refractivity contribution is 5.97. The van der Waals surface area contributed by atoms with Crippen molar-refractivity contribution in [3.05, 3.63) is 29.3 Å². The van der Waals surface area contributed by atoms with E-state index in [4.69, 9.17) is 4.74 Å². The van der Waals surface area contributed by atoms with Gasteiger partial charge < -0.3 is 14.7 Å². The molecule has 2 aliphatic rings. The molecule has 1 aromatic rings. The van der Waals surface area contributed by atoms with Gasteiger partial charge in [-0.25, -0.2) is 0 Å². The van der Waals surface area contributed by atoms with Crippen LogP contribution in [0.15, 0.2) is 18.2 Å². The number of carbonyl (C=O) groups is 2. The van der Waals surface area contributed by atoms with Gasteiger partial charge in [0.2, 0.25) is 5.91 Å². The molecule has 1 fully saturated rings. The number of benzene rings is 1. The lowest BCUT2D eigenvalue weighted by molar-refractivity contribution is -0.144. The predicted molar refractivity (Wildman–Crippen MR) is 109 cm³/mol. The minimum absolute atomic E-state index is 0.102. The molecule has 31 heavy (non-hydrogen) atoms. The van der Waals surface area contributed by atoms with Crippen LogP contribution in [0.3, 0.4) is 0 Å². The molecule has 0 saturated heterocycles. The van der Waals surface area contributed by atoms with E-state index in [-0.39, 0.29) is 41.7 Å². The van der Waals surface area contributed by atoms with Crippen LogP contribution < -0.4 is 4.90 Å². The van der Waals surface area contributed by atoms with Crippen LogP contribution in [-0.4, -0.2) is 29.6 Å². The number of aliphatic hydroxyl groups excluding tert-OH is 1. The number of amides is 1. The molecule has 1 heterocycles. The first kappa shape index (κ1) is 23.6. The SMILES string of the molecule is CCOC(=O)CC1CCC(C(=O)N2c3ccc(C(F)(F)F)cc3[C@H](O)C[C@H]2CC)CC1. The standard InChI is InChI=1S/C23H30F3NO4/c1-3-17-13-20(28)18-12-16(23(24,25)26)9-10-19(18)27(17)22(30)15-7-5-14(6-8-15)11-21(29)31-4-2/h9-10,12,14-15,17,20,28H,3-8,11,13H2,1-2H3/t14?,15?,17-,20-/m1/s1. The van der Waals surface area contributed by atoms with Gasteiger partial charge in [0.1, 0.15) is 0 Å². The van der Waals surface area contributed by atoms with E-state index in [2.05, 4.69) is 0 Å². The Bertz CT molecular complexity index is 803. The Morgan fingerprint density at radius 2 is 1.84 bits per heavy atom. The Labute approximate surface area is 180 Å². The number of halogens is 3. The van der Waals surface area contributed by atoms with Crippen LogP contribution in [0, 0.1) is 11.8 Å². The minimum Gasteiger partial charge on any atom is -0.466 e. The van der Waals surface area contributed by atoms with Crippen molar-refractivity contribution in [1.29, 1.82) is 0 Å². The van der Waals surface area contributed by atoms with Crippen LogP contribution in [0.2, 0.25) is 0 Å². The maximum Gasteiger partial charge on any atom is 0.416 e. The fraction of sp³-hybridized carbons (Fsp3) is 0.652. The lowest BCUT2D eigenvalue weighted by atomic mass is 9.79. The van der Waals surface area contributed by atoms with Crippen molar-refractivity contribution in [1.82, 2.24) is 0 Å². The van der Waals surface area contributed by atoms with E-state index in [0.29, 0.717) is 38.0 Å². The van der Waals surface area contributed by atoms with Gasteiger partial charge in [-0.3, -0.25) is 9.59 Å². The number of esters is 1. The van der Waals surface area contributed by atoms with Crippen LogP contribution in [0.1, 0.15) is 76.0 Å². The summed E-state index contributed by atoms with van der Waals surface area (Å²) in [7, 11) is 0. The minimum atomic E-state index is -4.51. The van der Waals surface area contributed by atoms with Crippen molar-refractivity contribution >= 4 is 17.6 Å². The molecular weight excluding hydrogens is 411 g/mol. The van der Waals surface area contributed by atoms with Gasteiger partial charge in [0.05, 0.1) is 18.3 Å². The van der Waals surface area contributed by atoms with Gasteiger partial charge in [-0.15, -0.1) is 0 Å². The number of alkyl halides is 3. The highest BCUT2D eigenvalue weighted by Gasteiger charge is 2.40. The maximum absolute atomic E-state index is 13.4. The Morgan fingerprint density at radius 3 is 2.42 bits per heavy atom. The summed E-state index contributed by atoms with van der Waals surface area (Å²) in [5.41, 5.74) is -0.298. The molecule has 0 radical (unpaired) electrons. The zero-order valence-corrected chi connectivity index (χ0v) is 18.0. The molecule has 1 amide bonds. The lowest BCUT2D eigenvalue weighted by Gasteiger charge is -2.42. The summed E-state index contributed by atoms with van der Waals surface area (Å²) >= 11 is 0. The molecule has 1 saturated carbocycles. The van der Waals surface area contributed by atoms with Crippen molar-refractivity contribution in [2.75, 3.05) is 11.5 Å². The Hall–Kier alpha value is -2.09. The molecule has 1 aliphatic carbocycles. The van der Waals surface area contributed by atoms with Gasteiger partial charge in [0.15, 0.2) is 0 Å². The number of ether oxygens (including phenoxy) is 1. The zero-order chi connectivity index (χ0) is 22.8. The molecule has 0 aromatic heterocycles. The van der Waals surface area contributed by atoms with E-state index in [9.17, 15) is 27.9 Å². The normalized spacial score (nSPS) is 26.3. The molecule has 1 aromatic carbocycles. The average molecular weight is 441 g/mol. The lowest BCUT2D eigenvalue weighted by Crippen LogP contribution is -2.48. The molecule has 0 spiro atoms. The highest BCUT2D eigenvalue weighted by Crippen LogP contribution is 2.43. The fourth-order valence-electron chi connectivity index (χ4n) is 4.82. The fourth-order valence-corrected chi connectivity index (χ4v) is 4.82. The maximum atomic E-state index is 13.4. The van der Waals surface area contributed by atoms with Crippen LogP contribution in [0.5, 0.6) is 0 Å². The van der Waals surface area contributed by atoms with Crippen molar-refractivity contribution in [2.45, 2.75) is 77.1 Å². The Balaban J connectivity index is 1.77. The first-order chi connectivity index (χ1) is 14.7. The number of hydrogen-bond donors (Lipinski definition) is 1. The monoisotopic (exact) mass is 441 g/mol. The average Bonchev–Trinajstić information content (AvgIpc) is 2.73. The molecule has 5 nitrogen and oxygen atoms in total. The molecule has 1 aliphatic heterocycles. The summed E-state index contributed by atoms with van der Waals surface area (Å²) in [5, 5.41) is 10.5. The number of anilines is 1. The summed E-state index contributed by atoms with van der Waals surface area (Å²) in [6.45, 7) is 4.02. The Morgan fingerprint density at radius 1 is 1.16 bits per heavy atom. The quantitative estimate of drug-likeness (QED) is 0.652. The second-order valence-corrected chi connectivity index (χ2v) is 8.52. The number of carbonyl (C=O) groups excluding carboxylic acids is 2. The summed E-state index contributed by atoms with van der Waals surface area (Å²) < 4.78 is 44.5. The Kier molecular flexibility index (Phi) is 7.29. The van der Waals surface area contributed by atoms with Crippen molar-refractivity contribution in [3.63, 3.8) is 0 Å². The van der Waals surface area contributed by atoms with Crippen molar-refractivity contribution < 1.29 is 32.6 Å². The van der Waals surface area contributed by atoms with Crippen LogP contribution in [0.4, 0.5) is 18.9 Å². The van der Waals surface area contributed by atoms with E-state index in [1.807, 2.05) is 6.92 Å². The number of hydrogen-bond acceptors (Lipinski definition) is 4. The summed E-state index contributed by atoms with van der Waals surface area (Å²) in [4.78, 5) is 26.8. The van der Waals surface area contributed by atoms with Gasteiger partial charge in [-0.1, -0.05) is 6.92 Å². The zero-order valence-electron chi connectivity index (χ0n) is 18.0. The second-order valence-electron chi connectivity index (χ2n) is 8.52. The largest absolute Gasteiger partial charge is 0.466 e. The first-order valence-electron chi connectivity index (χ1n) is 11.0. The number of aliphatic hydroxyl groups is 1. The number of nitrogens with zero attached hydrogens (tertiary/aromatic N) is 1. The summed E-state index contributed by atoms with van der Waals surface area (Å²) in [6.07, 6.45) is -1.64. The van der Waals surface area contributed by atoms with Gasteiger partial charge in [0, 0.05) is 29.6 Å².